The zero-order chi connectivity index (χ0) is 14.3. The number of aromatic nitrogens is 4. The number of hydrogen-bond acceptors (Lipinski definition) is 4. The Bertz CT molecular complexity index is 401. The Labute approximate surface area is 114 Å². The molecular weight excluding hydrogens is 244 g/mol. The van der Waals surface area contributed by atoms with E-state index in [0.29, 0.717) is 5.82 Å². The Morgan fingerprint density at radius 2 is 1.84 bits per heavy atom. The standard InChI is InChI=1S/C13H24N4O2/c1-4-5-6-7-8-9-10-11-14-15-16-17(11)13(2,3)12(18)19/h4-10H2,1-3H3,(H,18,19). The quantitative estimate of drug-likeness (QED) is 0.695. The number of rotatable bonds is 9. The van der Waals surface area contributed by atoms with Crippen LogP contribution in [0.5, 0.6) is 0 Å². The van der Waals surface area contributed by atoms with E-state index in [1.807, 2.05) is 0 Å². The summed E-state index contributed by atoms with van der Waals surface area (Å²) in [6, 6.07) is 0. The summed E-state index contributed by atoms with van der Waals surface area (Å²) in [5.74, 6) is -0.271. The number of nitrogens with zero attached hydrogens (tertiary/aromatic N) is 4. The molecule has 1 heterocycles. The van der Waals surface area contributed by atoms with Crippen LogP contribution in [0.4, 0.5) is 0 Å². The van der Waals surface area contributed by atoms with Gasteiger partial charge in [-0.15, -0.1) is 5.10 Å². The van der Waals surface area contributed by atoms with Crippen molar-refractivity contribution in [1.82, 2.24) is 20.2 Å². The fourth-order valence-corrected chi connectivity index (χ4v) is 1.95. The highest BCUT2D eigenvalue weighted by molar-refractivity contribution is 5.75. The van der Waals surface area contributed by atoms with E-state index in [-0.39, 0.29) is 0 Å². The fraction of sp³-hybridized carbons (Fsp3) is 0.846. The third-order valence-electron chi connectivity index (χ3n) is 3.34. The van der Waals surface area contributed by atoms with E-state index in [0.717, 1.165) is 19.3 Å². The molecule has 0 radical (unpaired) electrons. The predicted octanol–water partition coefficient (Wildman–Crippen LogP) is 2.40. The van der Waals surface area contributed by atoms with Crippen molar-refractivity contribution < 1.29 is 9.90 Å². The van der Waals surface area contributed by atoms with Gasteiger partial charge in [-0.3, -0.25) is 0 Å². The lowest BCUT2D eigenvalue weighted by molar-refractivity contribution is -0.146. The molecule has 0 atom stereocenters. The van der Waals surface area contributed by atoms with Crippen LogP contribution in [0.1, 0.15) is 65.1 Å². The fourth-order valence-electron chi connectivity index (χ4n) is 1.95. The maximum absolute atomic E-state index is 11.2. The predicted molar refractivity (Wildman–Crippen MR) is 71.9 cm³/mol. The topological polar surface area (TPSA) is 80.9 Å². The van der Waals surface area contributed by atoms with E-state index in [2.05, 4.69) is 22.4 Å². The first kappa shape index (κ1) is 15.6. The summed E-state index contributed by atoms with van der Waals surface area (Å²) in [6.07, 6.45) is 7.88. The molecule has 0 amide bonds. The summed E-state index contributed by atoms with van der Waals surface area (Å²) in [4.78, 5) is 11.2. The van der Waals surface area contributed by atoms with Crippen LogP contribution in [0.15, 0.2) is 0 Å². The molecule has 0 aliphatic carbocycles. The first-order valence-corrected chi connectivity index (χ1v) is 7.01. The summed E-state index contributed by atoms with van der Waals surface area (Å²) in [5.41, 5.74) is -1.10. The molecular formula is C13H24N4O2. The van der Waals surface area contributed by atoms with Crippen molar-refractivity contribution in [3.63, 3.8) is 0 Å². The minimum absolute atomic E-state index is 0.655. The normalized spacial score (nSPS) is 11.7. The van der Waals surface area contributed by atoms with Crippen molar-refractivity contribution in [2.45, 2.75) is 71.3 Å². The van der Waals surface area contributed by atoms with E-state index < -0.39 is 11.5 Å². The number of carboxylic acid groups (broad SMARTS) is 1. The van der Waals surface area contributed by atoms with Crippen LogP contribution in [-0.4, -0.2) is 31.3 Å². The molecule has 1 N–H and O–H groups in total. The zero-order valence-corrected chi connectivity index (χ0v) is 12.1. The van der Waals surface area contributed by atoms with Crippen molar-refractivity contribution in [3.05, 3.63) is 5.82 Å². The first-order valence-electron chi connectivity index (χ1n) is 7.01. The number of unbranched alkanes of at least 4 members (excludes halogenated alkanes) is 5. The van der Waals surface area contributed by atoms with Gasteiger partial charge in [-0.25, -0.2) is 9.48 Å². The lowest BCUT2D eigenvalue weighted by Gasteiger charge is -2.20. The molecule has 0 spiro atoms. The molecule has 0 aromatic carbocycles. The molecule has 108 valence electrons. The summed E-state index contributed by atoms with van der Waals surface area (Å²) in [6.45, 7) is 5.41. The van der Waals surface area contributed by atoms with Crippen LogP contribution < -0.4 is 0 Å². The van der Waals surface area contributed by atoms with Gasteiger partial charge in [0.05, 0.1) is 0 Å². The third-order valence-corrected chi connectivity index (χ3v) is 3.34. The molecule has 0 bridgehead atoms. The third kappa shape index (κ3) is 4.29. The molecule has 6 heteroatoms. The highest BCUT2D eigenvalue weighted by atomic mass is 16.4. The molecule has 19 heavy (non-hydrogen) atoms. The maximum Gasteiger partial charge on any atom is 0.331 e. The second-order valence-corrected chi connectivity index (χ2v) is 5.39. The van der Waals surface area contributed by atoms with E-state index >= 15 is 0 Å². The summed E-state index contributed by atoms with van der Waals surface area (Å²) in [5, 5.41) is 20.5. The van der Waals surface area contributed by atoms with Gasteiger partial charge in [-0.05, 0) is 30.7 Å². The lowest BCUT2D eigenvalue weighted by Crippen LogP contribution is -2.37. The molecule has 0 saturated carbocycles. The maximum atomic E-state index is 11.2. The number of aryl methyl sites for hydroxylation is 1. The van der Waals surface area contributed by atoms with Gasteiger partial charge >= 0.3 is 5.97 Å². The van der Waals surface area contributed by atoms with Gasteiger partial charge in [0, 0.05) is 6.42 Å². The average Bonchev–Trinajstić information content (AvgIpc) is 2.82. The monoisotopic (exact) mass is 268 g/mol. The van der Waals surface area contributed by atoms with Crippen LogP contribution >= 0.6 is 0 Å². The second kappa shape index (κ2) is 7.21. The Morgan fingerprint density at radius 1 is 1.21 bits per heavy atom. The van der Waals surface area contributed by atoms with Gasteiger partial charge in [0.25, 0.3) is 0 Å². The Morgan fingerprint density at radius 3 is 2.47 bits per heavy atom. The van der Waals surface area contributed by atoms with Crippen LogP contribution in [0.2, 0.25) is 0 Å². The molecule has 1 aromatic heterocycles. The van der Waals surface area contributed by atoms with Crippen LogP contribution in [-0.2, 0) is 16.8 Å². The van der Waals surface area contributed by atoms with Crippen LogP contribution in [0, 0.1) is 0 Å². The SMILES string of the molecule is CCCCCCCCc1nnnn1C(C)(C)C(=O)O. The van der Waals surface area contributed by atoms with E-state index in [9.17, 15) is 9.90 Å². The van der Waals surface area contributed by atoms with E-state index in [1.54, 1.807) is 13.8 Å². The highest BCUT2D eigenvalue weighted by Gasteiger charge is 2.33. The molecule has 0 unspecified atom stereocenters. The van der Waals surface area contributed by atoms with Crippen molar-refractivity contribution >= 4 is 5.97 Å². The summed E-state index contributed by atoms with van der Waals surface area (Å²) < 4.78 is 1.42. The van der Waals surface area contributed by atoms with Gasteiger partial charge in [0.1, 0.15) is 0 Å². The molecule has 6 nitrogen and oxygen atoms in total. The average molecular weight is 268 g/mol. The van der Waals surface area contributed by atoms with Gasteiger partial charge in [0.2, 0.25) is 0 Å². The molecule has 0 aliphatic rings. The summed E-state index contributed by atoms with van der Waals surface area (Å²) in [7, 11) is 0. The van der Waals surface area contributed by atoms with Crippen molar-refractivity contribution in [2.75, 3.05) is 0 Å². The molecule has 0 saturated heterocycles. The van der Waals surface area contributed by atoms with Crippen molar-refractivity contribution in [2.24, 2.45) is 0 Å². The minimum atomic E-state index is -1.10. The number of aliphatic carboxylic acids is 1. The number of hydrogen-bond donors (Lipinski definition) is 1. The van der Waals surface area contributed by atoms with Crippen molar-refractivity contribution in [3.8, 4) is 0 Å². The second-order valence-electron chi connectivity index (χ2n) is 5.39. The number of carbonyl (C=O) groups is 1. The van der Waals surface area contributed by atoms with Crippen LogP contribution in [0.25, 0.3) is 0 Å². The molecule has 1 aromatic rings. The highest BCUT2D eigenvalue weighted by Crippen LogP contribution is 2.16. The Kier molecular flexibility index (Phi) is 5.92. The first-order chi connectivity index (χ1) is 9.00. The van der Waals surface area contributed by atoms with E-state index in [1.165, 1.54) is 30.4 Å². The Balaban J connectivity index is 2.48. The Hall–Kier alpha value is -1.46. The molecule has 0 aliphatic heterocycles. The number of tetrazole rings is 1. The van der Waals surface area contributed by atoms with Gasteiger partial charge in [0.15, 0.2) is 11.4 Å². The zero-order valence-electron chi connectivity index (χ0n) is 12.1. The minimum Gasteiger partial charge on any atom is -0.479 e. The molecule has 1 rings (SSSR count). The van der Waals surface area contributed by atoms with E-state index in [4.69, 9.17) is 0 Å². The lowest BCUT2D eigenvalue weighted by atomic mass is 10.1. The molecule has 0 fully saturated rings. The van der Waals surface area contributed by atoms with Crippen LogP contribution in [0.3, 0.4) is 0 Å². The van der Waals surface area contributed by atoms with Crippen molar-refractivity contribution in [1.29, 1.82) is 0 Å². The smallest absolute Gasteiger partial charge is 0.331 e. The van der Waals surface area contributed by atoms with Gasteiger partial charge < -0.3 is 5.11 Å². The largest absolute Gasteiger partial charge is 0.479 e. The van der Waals surface area contributed by atoms with Gasteiger partial charge in [-0.2, -0.15) is 0 Å². The summed E-state index contributed by atoms with van der Waals surface area (Å²) >= 11 is 0. The van der Waals surface area contributed by atoms with Gasteiger partial charge in [-0.1, -0.05) is 39.0 Å². The number of carboxylic acids is 1.